The number of nitrogens with one attached hydrogen (secondary N) is 1. The summed E-state index contributed by atoms with van der Waals surface area (Å²) in [6.45, 7) is 8.08. The molecule has 0 heterocycles. The highest BCUT2D eigenvalue weighted by atomic mass is 16.5. The fourth-order valence-corrected chi connectivity index (χ4v) is 2.77. The minimum Gasteiger partial charge on any atom is -0.377 e. The summed E-state index contributed by atoms with van der Waals surface area (Å²) in [5, 5.41) is 3.58. The number of benzene rings is 2. The van der Waals surface area contributed by atoms with Crippen molar-refractivity contribution in [3.63, 3.8) is 0 Å². The molecule has 0 aliphatic heterocycles. The average Bonchev–Trinajstić information content (AvgIpc) is 2.58. The first-order valence-corrected chi connectivity index (χ1v) is 8.61. The largest absolute Gasteiger partial charge is 0.377 e. The molecule has 0 radical (unpaired) electrons. The molecule has 2 heteroatoms. The SMILES string of the molecule is CC(C)OC[C@@H](C)NCCC(c1ccccc1)c1ccccc1. The summed E-state index contributed by atoms with van der Waals surface area (Å²) in [6, 6.07) is 21.9. The van der Waals surface area contributed by atoms with E-state index in [-0.39, 0.29) is 0 Å². The van der Waals surface area contributed by atoms with Crippen molar-refractivity contribution in [3.05, 3.63) is 71.8 Å². The minimum atomic E-state index is 0.292. The molecule has 0 aliphatic rings. The van der Waals surface area contributed by atoms with Crippen LogP contribution in [-0.4, -0.2) is 25.3 Å². The van der Waals surface area contributed by atoms with Gasteiger partial charge in [0, 0.05) is 12.0 Å². The van der Waals surface area contributed by atoms with Crippen molar-refractivity contribution in [1.29, 1.82) is 0 Å². The number of hydrogen-bond donors (Lipinski definition) is 1. The van der Waals surface area contributed by atoms with Gasteiger partial charge in [-0.05, 0) is 44.9 Å². The molecule has 23 heavy (non-hydrogen) atoms. The molecule has 0 saturated heterocycles. The van der Waals surface area contributed by atoms with E-state index >= 15 is 0 Å². The van der Waals surface area contributed by atoms with Gasteiger partial charge in [0.25, 0.3) is 0 Å². The van der Waals surface area contributed by atoms with E-state index in [9.17, 15) is 0 Å². The first-order valence-electron chi connectivity index (χ1n) is 8.61. The van der Waals surface area contributed by atoms with Crippen LogP contribution in [0.5, 0.6) is 0 Å². The summed E-state index contributed by atoms with van der Waals surface area (Å²) in [7, 11) is 0. The zero-order valence-corrected chi connectivity index (χ0v) is 14.5. The Labute approximate surface area is 140 Å². The second-order valence-corrected chi connectivity index (χ2v) is 6.40. The summed E-state index contributed by atoms with van der Waals surface area (Å²) >= 11 is 0. The average molecular weight is 311 g/mol. The molecule has 0 amide bonds. The fraction of sp³-hybridized carbons (Fsp3) is 0.429. The van der Waals surface area contributed by atoms with Crippen LogP contribution in [0.4, 0.5) is 0 Å². The minimum absolute atomic E-state index is 0.292. The summed E-state index contributed by atoms with van der Waals surface area (Å²) < 4.78 is 5.67. The van der Waals surface area contributed by atoms with Crippen LogP contribution in [0.2, 0.25) is 0 Å². The van der Waals surface area contributed by atoms with Crippen LogP contribution in [0.3, 0.4) is 0 Å². The number of ether oxygens (including phenoxy) is 1. The van der Waals surface area contributed by atoms with Crippen molar-refractivity contribution in [2.24, 2.45) is 0 Å². The maximum absolute atomic E-state index is 5.67. The number of hydrogen-bond acceptors (Lipinski definition) is 2. The second kappa shape index (κ2) is 9.49. The van der Waals surface area contributed by atoms with Gasteiger partial charge in [-0.2, -0.15) is 0 Å². The summed E-state index contributed by atoms with van der Waals surface area (Å²) in [5.74, 6) is 0.433. The van der Waals surface area contributed by atoms with Gasteiger partial charge < -0.3 is 10.1 Å². The summed E-state index contributed by atoms with van der Waals surface area (Å²) in [4.78, 5) is 0. The second-order valence-electron chi connectivity index (χ2n) is 6.40. The first-order chi connectivity index (χ1) is 11.2. The van der Waals surface area contributed by atoms with Gasteiger partial charge >= 0.3 is 0 Å². The van der Waals surface area contributed by atoms with E-state index < -0.39 is 0 Å². The smallest absolute Gasteiger partial charge is 0.0620 e. The van der Waals surface area contributed by atoms with Crippen LogP contribution in [0.25, 0.3) is 0 Å². The fourth-order valence-electron chi connectivity index (χ4n) is 2.77. The van der Waals surface area contributed by atoms with Crippen LogP contribution in [0.15, 0.2) is 60.7 Å². The van der Waals surface area contributed by atoms with E-state index in [0.717, 1.165) is 19.6 Å². The van der Waals surface area contributed by atoms with Gasteiger partial charge in [-0.1, -0.05) is 60.7 Å². The molecule has 0 saturated carbocycles. The highest BCUT2D eigenvalue weighted by Crippen LogP contribution is 2.27. The summed E-state index contributed by atoms with van der Waals surface area (Å²) in [5.41, 5.74) is 2.76. The Morgan fingerprint density at radius 2 is 1.35 bits per heavy atom. The molecule has 1 atom stereocenters. The summed E-state index contributed by atoms with van der Waals surface area (Å²) in [6.07, 6.45) is 1.38. The van der Waals surface area contributed by atoms with Gasteiger partial charge in [0.15, 0.2) is 0 Å². The topological polar surface area (TPSA) is 21.3 Å². The highest BCUT2D eigenvalue weighted by molar-refractivity contribution is 5.32. The van der Waals surface area contributed by atoms with Crippen LogP contribution < -0.4 is 5.32 Å². The Morgan fingerprint density at radius 1 is 0.826 bits per heavy atom. The molecule has 1 N–H and O–H groups in total. The Kier molecular flexibility index (Phi) is 7.31. The molecule has 2 aromatic carbocycles. The molecule has 0 fully saturated rings. The van der Waals surface area contributed by atoms with Crippen LogP contribution in [-0.2, 0) is 4.74 Å². The molecular formula is C21H29NO. The van der Waals surface area contributed by atoms with Crippen LogP contribution >= 0.6 is 0 Å². The predicted molar refractivity (Wildman–Crippen MR) is 97.9 cm³/mol. The van der Waals surface area contributed by atoms with E-state index in [1.807, 2.05) is 0 Å². The molecule has 0 bridgehead atoms. The third-order valence-corrected chi connectivity index (χ3v) is 4.01. The Hall–Kier alpha value is -1.64. The van der Waals surface area contributed by atoms with Gasteiger partial charge in [0.2, 0.25) is 0 Å². The molecule has 0 aliphatic carbocycles. The molecule has 2 nitrogen and oxygen atoms in total. The van der Waals surface area contributed by atoms with Crippen LogP contribution in [0.1, 0.15) is 44.2 Å². The monoisotopic (exact) mass is 311 g/mol. The molecular weight excluding hydrogens is 282 g/mol. The molecule has 0 unspecified atom stereocenters. The maximum Gasteiger partial charge on any atom is 0.0620 e. The molecule has 0 spiro atoms. The normalized spacial score (nSPS) is 12.7. The lowest BCUT2D eigenvalue weighted by Crippen LogP contribution is -2.33. The van der Waals surface area contributed by atoms with E-state index in [4.69, 9.17) is 4.74 Å². The third-order valence-electron chi connectivity index (χ3n) is 4.01. The standard InChI is InChI=1S/C21H29NO/c1-17(2)23-16-18(3)22-15-14-21(19-10-6-4-7-11-19)20-12-8-5-9-13-20/h4-13,17-18,21-22H,14-16H2,1-3H3/t18-/m1/s1. The van der Waals surface area contributed by atoms with Crippen molar-refractivity contribution >= 4 is 0 Å². The van der Waals surface area contributed by atoms with Gasteiger partial charge in [-0.15, -0.1) is 0 Å². The van der Waals surface area contributed by atoms with Gasteiger partial charge in [-0.3, -0.25) is 0 Å². The van der Waals surface area contributed by atoms with Crippen molar-refractivity contribution in [1.82, 2.24) is 5.32 Å². The van der Waals surface area contributed by atoms with Crippen molar-refractivity contribution in [3.8, 4) is 0 Å². The van der Waals surface area contributed by atoms with Gasteiger partial charge in [-0.25, -0.2) is 0 Å². The van der Waals surface area contributed by atoms with Gasteiger partial charge in [0.05, 0.1) is 12.7 Å². The highest BCUT2D eigenvalue weighted by Gasteiger charge is 2.14. The van der Waals surface area contributed by atoms with Crippen LogP contribution in [0, 0.1) is 0 Å². The predicted octanol–water partition coefficient (Wildman–Crippen LogP) is 4.61. The third kappa shape index (κ3) is 6.17. The molecule has 2 rings (SSSR count). The maximum atomic E-state index is 5.67. The van der Waals surface area contributed by atoms with E-state index in [1.54, 1.807) is 0 Å². The lowest BCUT2D eigenvalue weighted by molar-refractivity contribution is 0.0645. The zero-order valence-electron chi connectivity index (χ0n) is 14.5. The first kappa shape index (κ1) is 17.7. The van der Waals surface area contributed by atoms with Gasteiger partial charge in [0.1, 0.15) is 0 Å². The molecule has 124 valence electrons. The Balaban J connectivity index is 1.94. The van der Waals surface area contributed by atoms with Crippen molar-refractivity contribution < 1.29 is 4.74 Å². The lowest BCUT2D eigenvalue weighted by Gasteiger charge is -2.21. The Morgan fingerprint density at radius 3 is 1.83 bits per heavy atom. The molecule has 2 aromatic rings. The number of rotatable bonds is 9. The van der Waals surface area contributed by atoms with E-state index in [0.29, 0.717) is 18.1 Å². The zero-order chi connectivity index (χ0) is 16.5. The van der Waals surface area contributed by atoms with Crippen molar-refractivity contribution in [2.45, 2.75) is 45.3 Å². The Bertz CT molecular complexity index is 499. The van der Waals surface area contributed by atoms with Crippen molar-refractivity contribution in [2.75, 3.05) is 13.2 Å². The molecule has 0 aromatic heterocycles. The van der Waals surface area contributed by atoms with E-state index in [1.165, 1.54) is 11.1 Å². The van der Waals surface area contributed by atoms with E-state index in [2.05, 4.69) is 86.8 Å². The quantitative estimate of drug-likeness (QED) is 0.730. The lowest BCUT2D eigenvalue weighted by atomic mass is 9.88.